The molecule has 0 amide bonds. The smallest absolute Gasteiger partial charge is 0.0309 e. The zero-order chi connectivity index (χ0) is 8.97. The van der Waals surface area contributed by atoms with Crippen molar-refractivity contribution >= 4 is 11.8 Å². The van der Waals surface area contributed by atoms with Crippen LogP contribution in [0.4, 0.5) is 0 Å². The molecule has 0 aromatic heterocycles. The minimum absolute atomic E-state index is 0.631. The summed E-state index contributed by atoms with van der Waals surface area (Å²) in [5.41, 5.74) is 5.71. The van der Waals surface area contributed by atoms with Gasteiger partial charge in [0.25, 0.3) is 0 Å². The third kappa shape index (κ3) is 2.96. The summed E-state index contributed by atoms with van der Waals surface area (Å²) in [7, 11) is 0. The molecule has 0 radical (unpaired) electrons. The van der Waals surface area contributed by atoms with Gasteiger partial charge in [0.05, 0.1) is 0 Å². The molecule has 1 heterocycles. The van der Waals surface area contributed by atoms with Gasteiger partial charge < -0.3 is 5.73 Å². The molecule has 3 heteroatoms. The van der Waals surface area contributed by atoms with Crippen LogP contribution in [0.25, 0.3) is 0 Å². The quantitative estimate of drug-likeness (QED) is 0.717. The Morgan fingerprint density at radius 2 is 2.33 bits per heavy atom. The molecular weight excluding hydrogens is 168 g/mol. The summed E-state index contributed by atoms with van der Waals surface area (Å²) < 4.78 is 0. The predicted molar refractivity (Wildman–Crippen MR) is 56.6 cm³/mol. The van der Waals surface area contributed by atoms with Crippen LogP contribution in [0.15, 0.2) is 0 Å². The van der Waals surface area contributed by atoms with Gasteiger partial charge in [-0.1, -0.05) is 13.8 Å². The van der Waals surface area contributed by atoms with E-state index in [1.807, 2.05) is 11.8 Å². The van der Waals surface area contributed by atoms with Gasteiger partial charge in [0, 0.05) is 37.2 Å². The molecule has 0 aliphatic carbocycles. The monoisotopic (exact) mass is 188 g/mol. The van der Waals surface area contributed by atoms with Crippen molar-refractivity contribution in [1.29, 1.82) is 0 Å². The Morgan fingerprint density at radius 1 is 1.58 bits per heavy atom. The third-order valence-electron chi connectivity index (χ3n) is 2.22. The summed E-state index contributed by atoms with van der Waals surface area (Å²) in [6.45, 7) is 7.80. The van der Waals surface area contributed by atoms with Crippen molar-refractivity contribution in [2.24, 2.45) is 11.7 Å². The fourth-order valence-corrected chi connectivity index (χ4v) is 2.76. The van der Waals surface area contributed by atoms with E-state index in [4.69, 9.17) is 5.73 Å². The maximum absolute atomic E-state index is 5.71. The zero-order valence-corrected chi connectivity index (χ0v) is 8.94. The van der Waals surface area contributed by atoms with Crippen LogP contribution in [0, 0.1) is 5.92 Å². The first-order chi connectivity index (χ1) is 5.74. The molecule has 0 aromatic rings. The van der Waals surface area contributed by atoms with Gasteiger partial charge in [0.2, 0.25) is 0 Å². The van der Waals surface area contributed by atoms with Gasteiger partial charge in [0.15, 0.2) is 0 Å². The molecule has 1 aliphatic rings. The van der Waals surface area contributed by atoms with E-state index in [0.29, 0.717) is 6.04 Å². The molecule has 0 bridgehead atoms. The second-order valence-corrected chi connectivity index (χ2v) is 5.00. The van der Waals surface area contributed by atoms with E-state index in [1.165, 1.54) is 24.6 Å². The Morgan fingerprint density at radius 3 is 2.92 bits per heavy atom. The first-order valence-corrected chi connectivity index (χ1v) is 5.91. The average molecular weight is 188 g/mol. The van der Waals surface area contributed by atoms with Crippen LogP contribution in [-0.4, -0.2) is 42.1 Å². The van der Waals surface area contributed by atoms with Crippen LogP contribution in [0.2, 0.25) is 0 Å². The lowest BCUT2D eigenvalue weighted by atomic mass is 10.1. The lowest BCUT2D eigenvalue weighted by Crippen LogP contribution is -2.47. The van der Waals surface area contributed by atoms with Crippen LogP contribution in [0.1, 0.15) is 13.8 Å². The third-order valence-corrected chi connectivity index (χ3v) is 3.31. The number of hydrogen-bond acceptors (Lipinski definition) is 3. The molecular formula is C9H20N2S. The van der Waals surface area contributed by atoms with E-state index in [9.17, 15) is 0 Å². The summed E-state index contributed by atoms with van der Waals surface area (Å²) in [6, 6.07) is 0.631. The van der Waals surface area contributed by atoms with Gasteiger partial charge in [-0.25, -0.2) is 0 Å². The number of nitrogens with two attached hydrogens (primary N) is 1. The van der Waals surface area contributed by atoms with Gasteiger partial charge >= 0.3 is 0 Å². The Hall–Kier alpha value is 0.270. The van der Waals surface area contributed by atoms with E-state index >= 15 is 0 Å². The summed E-state index contributed by atoms with van der Waals surface area (Å²) in [5.74, 6) is 3.27. The molecule has 1 saturated heterocycles. The van der Waals surface area contributed by atoms with Crippen molar-refractivity contribution in [3.8, 4) is 0 Å². The van der Waals surface area contributed by atoms with Gasteiger partial charge in [-0.05, 0) is 5.92 Å². The molecule has 1 unspecified atom stereocenters. The van der Waals surface area contributed by atoms with Crippen LogP contribution in [0.3, 0.4) is 0 Å². The van der Waals surface area contributed by atoms with Gasteiger partial charge in [-0.3, -0.25) is 4.90 Å². The lowest BCUT2D eigenvalue weighted by Gasteiger charge is -2.35. The predicted octanol–water partition coefficient (Wildman–Crippen LogP) is 1.02. The van der Waals surface area contributed by atoms with Crippen molar-refractivity contribution < 1.29 is 0 Å². The highest BCUT2D eigenvalue weighted by molar-refractivity contribution is 7.99. The van der Waals surface area contributed by atoms with Crippen molar-refractivity contribution in [2.75, 3.05) is 31.1 Å². The summed E-state index contributed by atoms with van der Waals surface area (Å²) in [4.78, 5) is 2.54. The Kier molecular flexibility index (Phi) is 4.40. The minimum atomic E-state index is 0.631. The number of nitrogens with zero attached hydrogens (tertiary/aromatic N) is 1. The summed E-state index contributed by atoms with van der Waals surface area (Å²) >= 11 is 2.04. The molecule has 0 spiro atoms. The summed E-state index contributed by atoms with van der Waals surface area (Å²) in [6.07, 6.45) is 0. The Balaban J connectivity index is 2.36. The summed E-state index contributed by atoms with van der Waals surface area (Å²) in [5, 5.41) is 0. The first kappa shape index (κ1) is 10.4. The van der Waals surface area contributed by atoms with Crippen LogP contribution in [0.5, 0.6) is 0 Å². The molecule has 1 rings (SSSR count). The van der Waals surface area contributed by atoms with Crippen molar-refractivity contribution in [1.82, 2.24) is 4.90 Å². The fourth-order valence-electron chi connectivity index (χ4n) is 1.62. The number of hydrogen-bond donors (Lipinski definition) is 1. The molecule has 72 valence electrons. The maximum atomic E-state index is 5.71. The van der Waals surface area contributed by atoms with E-state index < -0.39 is 0 Å². The number of thioether (sulfide) groups is 1. The maximum Gasteiger partial charge on any atom is 0.0309 e. The second-order valence-electron chi connectivity index (χ2n) is 3.85. The van der Waals surface area contributed by atoms with Crippen molar-refractivity contribution in [3.05, 3.63) is 0 Å². The fraction of sp³-hybridized carbons (Fsp3) is 1.00. The Bertz CT molecular complexity index is 128. The van der Waals surface area contributed by atoms with E-state index in [0.717, 1.165) is 12.5 Å². The van der Waals surface area contributed by atoms with E-state index in [2.05, 4.69) is 18.7 Å². The van der Waals surface area contributed by atoms with Crippen LogP contribution < -0.4 is 5.73 Å². The molecule has 2 nitrogen and oxygen atoms in total. The second kappa shape index (κ2) is 5.10. The normalized spacial score (nSPS) is 26.5. The van der Waals surface area contributed by atoms with E-state index in [1.54, 1.807) is 0 Å². The molecule has 1 fully saturated rings. The topological polar surface area (TPSA) is 29.3 Å². The van der Waals surface area contributed by atoms with Crippen molar-refractivity contribution in [3.63, 3.8) is 0 Å². The number of rotatable bonds is 3. The highest BCUT2D eigenvalue weighted by Gasteiger charge is 2.21. The Labute approximate surface area is 79.9 Å². The molecule has 2 N–H and O–H groups in total. The minimum Gasteiger partial charge on any atom is -0.329 e. The van der Waals surface area contributed by atoms with Gasteiger partial charge in [-0.2, -0.15) is 11.8 Å². The highest BCUT2D eigenvalue weighted by Crippen LogP contribution is 2.16. The molecule has 0 saturated carbocycles. The van der Waals surface area contributed by atoms with Gasteiger partial charge in [0.1, 0.15) is 0 Å². The largest absolute Gasteiger partial charge is 0.329 e. The molecule has 12 heavy (non-hydrogen) atoms. The van der Waals surface area contributed by atoms with Crippen LogP contribution in [-0.2, 0) is 0 Å². The van der Waals surface area contributed by atoms with Crippen molar-refractivity contribution in [2.45, 2.75) is 19.9 Å². The SMILES string of the molecule is CC(C)CN1CCSCC1CN. The molecule has 1 atom stereocenters. The zero-order valence-electron chi connectivity index (χ0n) is 8.12. The van der Waals surface area contributed by atoms with Gasteiger partial charge in [-0.15, -0.1) is 0 Å². The average Bonchev–Trinajstić information content (AvgIpc) is 2.04. The molecule has 0 aromatic carbocycles. The molecule has 1 aliphatic heterocycles. The standard InChI is InChI=1S/C9H20N2S/c1-8(2)6-11-3-4-12-7-9(11)5-10/h8-9H,3-7,10H2,1-2H3. The van der Waals surface area contributed by atoms with E-state index in [-0.39, 0.29) is 0 Å². The highest BCUT2D eigenvalue weighted by atomic mass is 32.2. The first-order valence-electron chi connectivity index (χ1n) is 4.76. The van der Waals surface area contributed by atoms with Crippen LogP contribution >= 0.6 is 11.8 Å². The lowest BCUT2D eigenvalue weighted by molar-refractivity contribution is 0.199.